The van der Waals surface area contributed by atoms with Gasteiger partial charge in [0, 0.05) is 22.6 Å². The molecule has 4 aromatic carbocycles. The molecular weight excluding hydrogens is 673 g/mol. The molecule has 0 aliphatic carbocycles. The van der Waals surface area contributed by atoms with Gasteiger partial charge in [0.1, 0.15) is 34.0 Å². The van der Waals surface area contributed by atoms with Crippen LogP contribution in [0.2, 0.25) is 0 Å². The fraction of sp³-hybridized carbons (Fsp3) is 0.125. The normalized spacial score (nSPS) is 10.4. The van der Waals surface area contributed by atoms with E-state index in [1.165, 1.54) is 25.9 Å². The quantitative estimate of drug-likeness (QED) is 0.133. The molecule has 0 atom stereocenters. The average molecular weight is 703 g/mol. The van der Waals surface area contributed by atoms with Crippen molar-refractivity contribution in [1.82, 2.24) is 4.57 Å². The van der Waals surface area contributed by atoms with Crippen LogP contribution in [0.3, 0.4) is 0 Å². The van der Waals surface area contributed by atoms with E-state index in [2.05, 4.69) is 15.9 Å². The van der Waals surface area contributed by atoms with E-state index in [0.717, 1.165) is 5.56 Å². The third-order valence-electron chi connectivity index (χ3n) is 6.78. The first-order valence-electron chi connectivity index (χ1n) is 12.8. The summed E-state index contributed by atoms with van der Waals surface area (Å²) in [7, 11) is 4.33. The standard InChI is InChI=1S/C32H28BrN3O6.2ClH/c1-39-26-14-19(15-27(40-2)29(26)33)28-24-12-11-23(42-17-18-5-4-6-21(35)13-18)16-25(24)31(37)36(30(28)32(38)41-3)22-9-7-20(34)8-10-22;;/h4-16H,17,34-35H2,1-3H3;2*1H. The SMILES string of the molecule is COC(=O)c1c(-c2cc(OC)c(Br)c(OC)c2)c2ccc(OCc3cccc(N)c3)cc2c(=O)n1-c1ccc(N)cc1.Cl.Cl. The fourth-order valence-corrected chi connectivity index (χ4v) is 5.34. The van der Waals surface area contributed by atoms with E-state index in [9.17, 15) is 9.59 Å². The number of nitrogen functional groups attached to an aromatic ring is 2. The highest BCUT2D eigenvalue weighted by molar-refractivity contribution is 9.10. The smallest absolute Gasteiger partial charge is 0.355 e. The lowest BCUT2D eigenvalue weighted by atomic mass is 9.95. The van der Waals surface area contributed by atoms with Crippen LogP contribution in [0.15, 0.2) is 88.1 Å². The second-order valence-corrected chi connectivity index (χ2v) is 10.2. The van der Waals surface area contributed by atoms with E-state index in [1.54, 1.807) is 60.7 Å². The molecule has 5 rings (SSSR count). The Morgan fingerprint density at radius 2 is 1.48 bits per heavy atom. The molecule has 0 aliphatic heterocycles. The Morgan fingerprint density at radius 1 is 0.818 bits per heavy atom. The number of methoxy groups -OCH3 is 3. The van der Waals surface area contributed by atoms with Crippen molar-refractivity contribution in [2.75, 3.05) is 32.8 Å². The van der Waals surface area contributed by atoms with Crippen molar-refractivity contribution in [2.45, 2.75) is 6.61 Å². The highest BCUT2D eigenvalue weighted by Gasteiger charge is 2.27. The maximum absolute atomic E-state index is 14.2. The van der Waals surface area contributed by atoms with Crippen LogP contribution in [-0.2, 0) is 11.3 Å². The van der Waals surface area contributed by atoms with Crippen LogP contribution in [0.25, 0.3) is 27.6 Å². The number of hydrogen-bond acceptors (Lipinski definition) is 8. The maximum atomic E-state index is 14.2. The van der Waals surface area contributed by atoms with Gasteiger partial charge in [-0.2, -0.15) is 0 Å². The lowest BCUT2D eigenvalue weighted by molar-refractivity contribution is 0.0591. The minimum atomic E-state index is -0.705. The minimum absolute atomic E-state index is 0. The van der Waals surface area contributed by atoms with E-state index < -0.39 is 11.5 Å². The molecule has 0 saturated carbocycles. The topological polar surface area (TPSA) is 128 Å². The number of fused-ring (bicyclic) bond motifs is 1. The number of rotatable bonds is 8. The molecule has 0 fully saturated rings. The van der Waals surface area contributed by atoms with E-state index in [-0.39, 0.29) is 37.1 Å². The van der Waals surface area contributed by atoms with Gasteiger partial charge in [-0.15, -0.1) is 24.8 Å². The van der Waals surface area contributed by atoms with Crippen molar-refractivity contribution in [3.63, 3.8) is 0 Å². The van der Waals surface area contributed by atoms with Crippen LogP contribution in [0.5, 0.6) is 17.2 Å². The summed E-state index contributed by atoms with van der Waals surface area (Å²) < 4.78 is 24.4. The molecule has 0 radical (unpaired) electrons. The number of benzene rings is 4. The molecule has 0 spiro atoms. The van der Waals surface area contributed by atoms with Crippen LogP contribution in [0.4, 0.5) is 11.4 Å². The monoisotopic (exact) mass is 701 g/mol. The van der Waals surface area contributed by atoms with Crippen LogP contribution in [0.1, 0.15) is 16.1 Å². The van der Waals surface area contributed by atoms with Gasteiger partial charge in [0.15, 0.2) is 0 Å². The Bertz CT molecular complexity index is 1850. The molecule has 230 valence electrons. The first-order chi connectivity index (χ1) is 20.2. The zero-order valence-electron chi connectivity index (χ0n) is 24.0. The molecule has 0 unspecified atom stereocenters. The van der Waals surface area contributed by atoms with Crippen molar-refractivity contribution in [3.8, 4) is 34.1 Å². The van der Waals surface area contributed by atoms with Gasteiger partial charge in [-0.25, -0.2) is 4.79 Å². The van der Waals surface area contributed by atoms with Crippen molar-refractivity contribution < 1.29 is 23.7 Å². The van der Waals surface area contributed by atoms with Gasteiger partial charge in [-0.05, 0) is 99.2 Å². The number of nitrogens with two attached hydrogens (primary N) is 2. The fourth-order valence-electron chi connectivity index (χ4n) is 4.78. The highest BCUT2D eigenvalue weighted by Crippen LogP contribution is 2.42. The molecule has 1 aromatic heterocycles. The third kappa shape index (κ3) is 6.57. The summed E-state index contributed by atoms with van der Waals surface area (Å²) in [5, 5.41) is 0.829. The number of esters is 1. The Kier molecular flexibility index (Phi) is 11.2. The molecule has 1 heterocycles. The Balaban J connectivity index is 0.00000264. The minimum Gasteiger partial charge on any atom is -0.495 e. The molecule has 0 amide bonds. The summed E-state index contributed by atoms with van der Waals surface area (Å²) in [6.07, 6.45) is 0. The molecule has 0 bridgehead atoms. The van der Waals surface area contributed by atoms with Gasteiger partial charge >= 0.3 is 5.97 Å². The first-order valence-corrected chi connectivity index (χ1v) is 13.6. The molecule has 5 aromatic rings. The summed E-state index contributed by atoms with van der Waals surface area (Å²) in [6, 6.07) is 22.7. The second-order valence-electron chi connectivity index (χ2n) is 9.38. The molecular formula is C32H30BrCl2N3O6. The average Bonchev–Trinajstić information content (AvgIpc) is 3.00. The molecule has 4 N–H and O–H groups in total. The van der Waals surface area contributed by atoms with Crippen LogP contribution in [0, 0.1) is 0 Å². The van der Waals surface area contributed by atoms with E-state index in [4.69, 9.17) is 30.4 Å². The summed E-state index contributed by atoms with van der Waals surface area (Å²) in [5.74, 6) is 0.707. The van der Waals surface area contributed by atoms with Crippen molar-refractivity contribution >= 4 is 68.9 Å². The summed E-state index contributed by atoms with van der Waals surface area (Å²) in [6.45, 7) is 0.247. The lowest BCUT2D eigenvalue weighted by Gasteiger charge is -2.20. The lowest BCUT2D eigenvalue weighted by Crippen LogP contribution is -2.27. The van der Waals surface area contributed by atoms with E-state index in [0.29, 0.717) is 60.7 Å². The van der Waals surface area contributed by atoms with Gasteiger partial charge < -0.3 is 30.4 Å². The zero-order chi connectivity index (χ0) is 30.0. The zero-order valence-corrected chi connectivity index (χ0v) is 27.2. The van der Waals surface area contributed by atoms with Crippen molar-refractivity contribution in [3.05, 3.63) is 105 Å². The van der Waals surface area contributed by atoms with Gasteiger partial charge in [0.25, 0.3) is 5.56 Å². The largest absolute Gasteiger partial charge is 0.495 e. The number of pyridine rings is 1. The van der Waals surface area contributed by atoms with Crippen LogP contribution < -0.4 is 31.2 Å². The summed E-state index contributed by atoms with van der Waals surface area (Å²) >= 11 is 3.51. The van der Waals surface area contributed by atoms with E-state index in [1.807, 2.05) is 18.2 Å². The summed E-state index contributed by atoms with van der Waals surface area (Å²) in [4.78, 5) is 27.7. The molecule has 44 heavy (non-hydrogen) atoms. The second kappa shape index (κ2) is 14.4. The van der Waals surface area contributed by atoms with Crippen molar-refractivity contribution in [1.29, 1.82) is 0 Å². The number of carbonyl (C=O) groups is 1. The highest BCUT2D eigenvalue weighted by atomic mass is 79.9. The predicted molar refractivity (Wildman–Crippen MR) is 181 cm³/mol. The molecule has 12 heteroatoms. The number of halogens is 3. The van der Waals surface area contributed by atoms with Crippen LogP contribution in [-0.4, -0.2) is 31.9 Å². The van der Waals surface area contributed by atoms with Gasteiger partial charge in [-0.3, -0.25) is 9.36 Å². The van der Waals surface area contributed by atoms with Gasteiger partial charge in [0.2, 0.25) is 0 Å². The van der Waals surface area contributed by atoms with Gasteiger partial charge in [0.05, 0.1) is 26.7 Å². The number of nitrogens with zero attached hydrogens (tertiary/aromatic N) is 1. The molecule has 9 nitrogen and oxygen atoms in total. The van der Waals surface area contributed by atoms with Crippen molar-refractivity contribution in [2.24, 2.45) is 0 Å². The number of carbonyl (C=O) groups excluding carboxylic acids is 1. The third-order valence-corrected chi connectivity index (χ3v) is 7.56. The van der Waals surface area contributed by atoms with Crippen LogP contribution >= 0.6 is 40.7 Å². The number of anilines is 2. The van der Waals surface area contributed by atoms with Gasteiger partial charge in [-0.1, -0.05) is 12.1 Å². The maximum Gasteiger partial charge on any atom is 0.355 e. The van der Waals surface area contributed by atoms with E-state index >= 15 is 0 Å². The summed E-state index contributed by atoms with van der Waals surface area (Å²) in [5.41, 5.74) is 14.9. The Hall–Kier alpha value is -4.38. The molecule has 0 saturated heterocycles. The number of aromatic nitrogens is 1. The first kappa shape index (κ1) is 34.1. The number of hydrogen-bond donors (Lipinski definition) is 2. The molecule has 0 aliphatic rings. The Labute approximate surface area is 274 Å². The Morgan fingerprint density at radius 3 is 2.07 bits per heavy atom. The predicted octanol–water partition coefficient (Wildman–Crippen LogP) is 6.81. The number of ether oxygens (including phenoxy) is 4.